The average Bonchev–Trinajstić information content (AvgIpc) is 2.82. The van der Waals surface area contributed by atoms with E-state index in [0.717, 1.165) is 11.1 Å². The Balaban J connectivity index is 1.49. The van der Waals surface area contributed by atoms with Gasteiger partial charge in [-0.25, -0.2) is 14.5 Å². The third kappa shape index (κ3) is 5.50. The van der Waals surface area contributed by atoms with E-state index >= 15 is 0 Å². The SMILES string of the molecule is O=C(O)COc1cccc2c1CC[C@](O)(COC(=O)N(c1ccccc1)c1cccc(Cl)c1)C2. The maximum absolute atomic E-state index is 13.2. The number of nitrogens with zero attached hydrogens (tertiary/aromatic N) is 1. The molecule has 1 aliphatic carbocycles. The quantitative estimate of drug-likeness (QED) is 0.493. The van der Waals surface area contributed by atoms with Crippen molar-refractivity contribution in [3.63, 3.8) is 0 Å². The van der Waals surface area contributed by atoms with Crippen molar-refractivity contribution < 1.29 is 29.3 Å². The molecule has 0 fully saturated rings. The lowest BCUT2D eigenvalue weighted by Crippen LogP contribution is -2.42. The van der Waals surface area contributed by atoms with Crippen LogP contribution in [0, 0.1) is 0 Å². The summed E-state index contributed by atoms with van der Waals surface area (Å²) in [6.07, 6.45) is 0.424. The number of halogens is 1. The molecule has 0 heterocycles. The first-order chi connectivity index (χ1) is 16.3. The third-order valence-corrected chi connectivity index (χ3v) is 5.90. The molecule has 0 saturated heterocycles. The number of carbonyl (C=O) groups is 2. The summed E-state index contributed by atoms with van der Waals surface area (Å²) in [4.78, 5) is 25.4. The van der Waals surface area contributed by atoms with Crippen molar-refractivity contribution in [3.8, 4) is 5.75 Å². The summed E-state index contributed by atoms with van der Waals surface area (Å²) in [5, 5.41) is 20.6. The molecular formula is C26H24ClNO6. The summed E-state index contributed by atoms with van der Waals surface area (Å²) >= 11 is 6.14. The van der Waals surface area contributed by atoms with Crippen LogP contribution in [0.4, 0.5) is 16.2 Å². The van der Waals surface area contributed by atoms with Crippen molar-refractivity contribution in [2.24, 2.45) is 0 Å². The van der Waals surface area contributed by atoms with Crippen LogP contribution < -0.4 is 9.64 Å². The van der Waals surface area contributed by atoms with Crippen molar-refractivity contribution in [2.75, 3.05) is 18.1 Å². The number of carboxylic acid groups (broad SMARTS) is 1. The molecule has 0 radical (unpaired) electrons. The first kappa shape index (κ1) is 23.6. The van der Waals surface area contributed by atoms with Crippen LogP contribution in [-0.2, 0) is 22.4 Å². The minimum Gasteiger partial charge on any atom is -0.482 e. The average molecular weight is 482 g/mol. The van der Waals surface area contributed by atoms with Gasteiger partial charge in [-0.2, -0.15) is 0 Å². The van der Waals surface area contributed by atoms with Crippen molar-refractivity contribution >= 4 is 35.0 Å². The number of benzene rings is 3. The molecule has 176 valence electrons. The van der Waals surface area contributed by atoms with E-state index in [1.54, 1.807) is 48.5 Å². The number of carboxylic acids is 1. The molecule has 0 bridgehead atoms. The van der Waals surface area contributed by atoms with Crippen molar-refractivity contribution in [3.05, 3.63) is 88.9 Å². The second kappa shape index (κ2) is 10.2. The normalized spacial score (nSPS) is 16.9. The molecule has 4 rings (SSSR count). The summed E-state index contributed by atoms with van der Waals surface area (Å²) in [5.41, 5.74) is 1.60. The Morgan fingerprint density at radius 1 is 1.00 bits per heavy atom. The van der Waals surface area contributed by atoms with Gasteiger partial charge in [0.1, 0.15) is 18.0 Å². The Hall–Kier alpha value is -3.55. The van der Waals surface area contributed by atoms with E-state index in [0.29, 0.717) is 35.0 Å². The number of aliphatic carboxylic acids is 1. The molecule has 1 aliphatic rings. The first-order valence-electron chi connectivity index (χ1n) is 10.8. The van der Waals surface area contributed by atoms with Gasteiger partial charge in [0.25, 0.3) is 0 Å². The van der Waals surface area contributed by atoms with Crippen LogP contribution >= 0.6 is 11.6 Å². The molecule has 1 atom stereocenters. The molecule has 34 heavy (non-hydrogen) atoms. The zero-order valence-electron chi connectivity index (χ0n) is 18.3. The Bertz CT molecular complexity index is 1180. The van der Waals surface area contributed by atoms with Crippen LogP contribution in [-0.4, -0.2) is 41.1 Å². The number of ether oxygens (including phenoxy) is 2. The molecular weight excluding hydrogens is 458 g/mol. The van der Waals surface area contributed by atoms with Gasteiger partial charge in [0, 0.05) is 11.4 Å². The highest BCUT2D eigenvalue weighted by atomic mass is 35.5. The van der Waals surface area contributed by atoms with Crippen LogP contribution in [0.15, 0.2) is 72.8 Å². The number of amides is 1. The fourth-order valence-corrected chi connectivity index (χ4v) is 4.26. The number of fused-ring (bicyclic) bond motifs is 1. The van der Waals surface area contributed by atoms with E-state index in [2.05, 4.69) is 0 Å². The van der Waals surface area contributed by atoms with Crippen LogP contribution in [0.25, 0.3) is 0 Å². The lowest BCUT2D eigenvalue weighted by molar-refractivity contribution is -0.139. The monoisotopic (exact) mass is 481 g/mol. The Labute approximate surface area is 202 Å². The molecule has 0 aromatic heterocycles. The Morgan fingerprint density at radius 3 is 2.47 bits per heavy atom. The van der Waals surface area contributed by atoms with E-state index in [1.165, 1.54) is 4.90 Å². The summed E-state index contributed by atoms with van der Waals surface area (Å²) in [6, 6.07) is 21.3. The number of hydrogen-bond acceptors (Lipinski definition) is 5. The molecule has 0 spiro atoms. The third-order valence-electron chi connectivity index (χ3n) is 5.67. The summed E-state index contributed by atoms with van der Waals surface area (Å²) in [5.74, 6) is -0.561. The number of para-hydroxylation sites is 1. The molecule has 8 heteroatoms. The molecule has 2 N–H and O–H groups in total. The van der Waals surface area contributed by atoms with Gasteiger partial charge in [-0.1, -0.05) is 48.0 Å². The number of aliphatic hydroxyl groups is 1. The van der Waals surface area contributed by atoms with Crippen molar-refractivity contribution in [1.82, 2.24) is 0 Å². The van der Waals surface area contributed by atoms with Crippen LogP contribution in [0.2, 0.25) is 5.02 Å². The van der Waals surface area contributed by atoms with Gasteiger partial charge in [-0.3, -0.25) is 0 Å². The summed E-state index contributed by atoms with van der Waals surface area (Å²) in [7, 11) is 0. The smallest absolute Gasteiger partial charge is 0.419 e. The van der Waals surface area contributed by atoms with E-state index < -0.39 is 24.3 Å². The molecule has 0 aliphatic heterocycles. The Morgan fingerprint density at radius 2 is 1.74 bits per heavy atom. The van der Waals surface area contributed by atoms with Gasteiger partial charge in [-0.05, 0) is 60.4 Å². The zero-order valence-corrected chi connectivity index (χ0v) is 19.1. The molecule has 0 saturated carbocycles. The van der Waals surface area contributed by atoms with Gasteiger partial charge in [0.2, 0.25) is 0 Å². The second-order valence-electron chi connectivity index (χ2n) is 8.18. The topological polar surface area (TPSA) is 96.3 Å². The highest BCUT2D eigenvalue weighted by molar-refractivity contribution is 6.31. The fraction of sp³-hybridized carbons (Fsp3) is 0.231. The molecule has 0 unspecified atom stereocenters. The Kier molecular flexibility index (Phi) is 7.05. The largest absolute Gasteiger partial charge is 0.482 e. The minimum atomic E-state index is -1.26. The first-order valence-corrected chi connectivity index (χ1v) is 11.2. The van der Waals surface area contributed by atoms with E-state index in [-0.39, 0.29) is 13.0 Å². The number of anilines is 2. The van der Waals surface area contributed by atoms with Crippen LogP contribution in [0.5, 0.6) is 5.75 Å². The number of rotatable bonds is 7. The lowest BCUT2D eigenvalue weighted by atomic mass is 9.80. The standard InChI is InChI=1S/C26H24ClNO6/c27-19-7-5-10-21(14-19)28(20-8-2-1-3-9-20)25(31)34-17-26(32)13-12-22-18(15-26)6-4-11-23(22)33-16-24(29)30/h1-11,14,32H,12-13,15-17H2,(H,29,30)/t26-/m1/s1. The number of carbonyl (C=O) groups excluding carboxylic acids is 1. The fourth-order valence-electron chi connectivity index (χ4n) is 4.07. The molecule has 3 aromatic rings. The van der Waals surface area contributed by atoms with E-state index in [4.69, 9.17) is 26.2 Å². The predicted molar refractivity (Wildman–Crippen MR) is 128 cm³/mol. The van der Waals surface area contributed by atoms with Crippen LogP contribution in [0.3, 0.4) is 0 Å². The van der Waals surface area contributed by atoms with Gasteiger partial charge in [0.05, 0.1) is 11.4 Å². The van der Waals surface area contributed by atoms with Crippen molar-refractivity contribution in [2.45, 2.75) is 24.9 Å². The predicted octanol–water partition coefficient (Wildman–Crippen LogP) is 5.00. The van der Waals surface area contributed by atoms with Crippen LogP contribution in [0.1, 0.15) is 17.5 Å². The maximum atomic E-state index is 13.2. The molecule has 7 nitrogen and oxygen atoms in total. The molecule has 3 aromatic carbocycles. The maximum Gasteiger partial charge on any atom is 0.419 e. The van der Waals surface area contributed by atoms with Gasteiger partial charge in [0.15, 0.2) is 6.61 Å². The van der Waals surface area contributed by atoms with Gasteiger partial charge in [-0.15, -0.1) is 0 Å². The summed E-state index contributed by atoms with van der Waals surface area (Å²) in [6.45, 7) is -0.632. The van der Waals surface area contributed by atoms with Gasteiger partial charge >= 0.3 is 12.1 Å². The van der Waals surface area contributed by atoms with E-state index in [9.17, 15) is 14.7 Å². The van der Waals surface area contributed by atoms with E-state index in [1.807, 2.05) is 24.3 Å². The highest BCUT2D eigenvalue weighted by Crippen LogP contribution is 2.35. The second-order valence-corrected chi connectivity index (χ2v) is 8.62. The number of hydrogen-bond donors (Lipinski definition) is 2. The van der Waals surface area contributed by atoms with Crippen molar-refractivity contribution in [1.29, 1.82) is 0 Å². The highest BCUT2D eigenvalue weighted by Gasteiger charge is 2.35. The zero-order chi connectivity index (χ0) is 24.1. The van der Waals surface area contributed by atoms with Gasteiger partial charge < -0.3 is 19.7 Å². The summed E-state index contributed by atoms with van der Waals surface area (Å²) < 4.78 is 11.0. The minimum absolute atomic E-state index is 0.199. The lowest BCUT2D eigenvalue weighted by Gasteiger charge is -2.34. The molecule has 1 amide bonds.